The molecule has 0 fully saturated rings. The fourth-order valence-corrected chi connectivity index (χ4v) is 2.94. The van der Waals surface area contributed by atoms with Gasteiger partial charge in [-0.05, 0) is 24.3 Å². The van der Waals surface area contributed by atoms with Crippen LogP contribution in [0, 0.1) is 5.41 Å². The van der Waals surface area contributed by atoms with Gasteiger partial charge < -0.3 is 0 Å². The van der Waals surface area contributed by atoms with Crippen LogP contribution in [0.5, 0.6) is 0 Å². The summed E-state index contributed by atoms with van der Waals surface area (Å²) >= 11 is 1.76. The molecule has 1 aliphatic heterocycles. The molecule has 3 heteroatoms. The third-order valence-electron chi connectivity index (χ3n) is 2.60. The number of rotatable bonds is 1. The fourth-order valence-electron chi connectivity index (χ4n) is 1.87. The predicted octanol–water partition coefficient (Wildman–Crippen LogP) is 3.90. The molecule has 1 heterocycles. The average Bonchev–Trinajstić information content (AvgIpc) is 2.36. The molecule has 2 aromatic rings. The van der Waals surface area contributed by atoms with Gasteiger partial charge in [-0.2, -0.15) is 0 Å². The Morgan fingerprint density at radius 2 is 1.38 bits per heavy atom. The van der Waals surface area contributed by atoms with Gasteiger partial charge in [-0.15, -0.1) is 0 Å². The molecule has 3 rings (SSSR count). The highest BCUT2D eigenvalue weighted by Crippen LogP contribution is 2.46. The zero-order chi connectivity index (χ0) is 11.0. The first-order valence-corrected chi connectivity index (χ1v) is 5.87. The number of anilines is 2. The minimum atomic E-state index is 1.08. The third kappa shape index (κ3) is 1.32. The van der Waals surface area contributed by atoms with Crippen LogP contribution in [0.4, 0.5) is 11.4 Å². The van der Waals surface area contributed by atoms with E-state index in [1.807, 2.05) is 41.3 Å². The third-order valence-corrected chi connectivity index (χ3v) is 3.73. The van der Waals surface area contributed by atoms with Crippen molar-refractivity contribution in [3.63, 3.8) is 0 Å². The SMILES string of the molecule is N=CN1c2ccccc2Sc2ccccc21. The van der Waals surface area contributed by atoms with Crippen molar-refractivity contribution in [2.24, 2.45) is 0 Å². The van der Waals surface area contributed by atoms with Crippen LogP contribution in [0.3, 0.4) is 0 Å². The first-order chi connectivity index (χ1) is 7.90. The molecule has 0 radical (unpaired) electrons. The van der Waals surface area contributed by atoms with E-state index in [9.17, 15) is 0 Å². The van der Waals surface area contributed by atoms with Crippen LogP contribution in [-0.4, -0.2) is 6.34 Å². The van der Waals surface area contributed by atoms with E-state index in [1.165, 1.54) is 16.1 Å². The lowest BCUT2D eigenvalue weighted by Gasteiger charge is -2.28. The second kappa shape index (κ2) is 3.68. The lowest BCUT2D eigenvalue weighted by Crippen LogP contribution is -2.17. The van der Waals surface area contributed by atoms with E-state index in [2.05, 4.69) is 12.1 Å². The maximum atomic E-state index is 7.55. The van der Waals surface area contributed by atoms with Crippen LogP contribution < -0.4 is 4.90 Å². The molecule has 1 aliphatic rings. The molecule has 0 amide bonds. The summed E-state index contributed by atoms with van der Waals surface area (Å²) in [5.41, 5.74) is 2.17. The lowest BCUT2D eigenvalue weighted by molar-refractivity contribution is 1.20. The van der Waals surface area contributed by atoms with E-state index >= 15 is 0 Å². The summed E-state index contributed by atoms with van der Waals surface area (Å²) in [7, 11) is 0. The lowest BCUT2D eigenvalue weighted by atomic mass is 10.2. The topological polar surface area (TPSA) is 27.1 Å². The van der Waals surface area contributed by atoms with Crippen molar-refractivity contribution in [3.05, 3.63) is 48.5 Å². The van der Waals surface area contributed by atoms with E-state index in [4.69, 9.17) is 5.41 Å². The van der Waals surface area contributed by atoms with Crippen molar-refractivity contribution in [3.8, 4) is 0 Å². The van der Waals surface area contributed by atoms with Crippen molar-refractivity contribution in [1.82, 2.24) is 0 Å². The van der Waals surface area contributed by atoms with Crippen LogP contribution >= 0.6 is 11.8 Å². The number of hydrogen-bond acceptors (Lipinski definition) is 2. The van der Waals surface area contributed by atoms with Gasteiger partial charge in [-0.3, -0.25) is 10.3 Å². The van der Waals surface area contributed by atoms with Crippen LogP contribution in [-0.2, 0) is 0 Å². The highest BCUT2D eigenvalue weighted by molar-refractivity contribution is 7.99. The molecule has 0 saturated heterocycles. The zero-order valence-corrected chi connectivity index (χ0v) is 9.37. The Hall–Kier alpha value is -1.74. The fraction of sp³-hybridized carbons (Fsp3) is 0. The number of para-hydroxylation sites is 2. The van der Waals surface area contributed by atoms with Gasteiger partial charge in [0.15, 0.2) is 0 Å². The molecule has 16 heavy (non-hydrogen) atoms. The predicted molar refractivity (Wildman–Crippen MR) is 67.9 cm³/mol. The summed E-state index contributed by atoms with van der Waals surface area (Å²) in [5, 5.41) is 7.55. The van der Waals surface area contributed by atoms with Crippen molar-refractivity contribution in [2.75, 3.05) is 4.90 Å². The Morgan fingerprint density at radius 1 is 0.875 bits per heavy atom. The smallest absolute Gasteiger partial charge is 0.0908 e. The van der Waals surface area contributed by atoms with E-state index in [1.54, 1.807) is 11.8 Å². The quantitative estimate of drug-likeness (QED) is 0.590. The van der Waals surface area contributed by atoms with Gasteiger partial charge in [-0.25, -0.2) is 0 Å². The maximum absolute atomic E-state index is 7.55. The highest BCUT2D eigenvalue weighted by Gasteiger charge is 2.20. The number of fused-ring (bicyclic) bond motifs is 2. The highest BCUT2D eigenvalue weighted by atomic mass is 32.2. The molecule has 1 N–H and O–H groups in total. The van der Waals surface area contributed by atoms with Gasteiger partial charge in [0, 0.05) is 9.79 Å². The Morgan fingerprint density at radius 3 is 1.88 bits per heavy atom. The molecule has 0 aromatic heterocycles. The van der Waals surface area contributed by atoms with Crippen LogP contribution in [0.25, 0.3) is 0 Å². The summed E-state index contributed by atoms with van der Waals surface area (Å²) in [6.45, 7) is 0. The van der Waals surface area contributed by atoms with E-state index in [-0.39, 0.29) is 0 Å². The molecule has 0 saturated carbocycles. The Labute approximate surface area is 98.4 Å². The summed E-state index contributed by atoms with van der Waals surface area (Å²) in [6, 6.07) is 16.3. The molecule has 0 unspecified atom stereocenters. The Balaban J connectivity index is 2.23. The minimum Gasteiger partial charge on any atom is -0.299 e. The standard InChI is InChI=1S/C13H10N2S/c14-9-15-10-5-1-3-7-12(10)16-13-8-4-2-6-11(13)15/h1-9,14H. The van der Waals surface area contributed by atoms with Crippen molar-refractivity contribution in [2.45, 2.75) is 9.79 Å². The van der Waals surface area contributed by atoms with Gasteiger partial charge in [0.1, 0.15) is 0 Å². The van der Waals surface area contributed by atoms with Crippen molar-refractivity contribution < 1.29 is 0 Å². The second-order valence-electron chi connectivity index (χ2n) is 3.54. The molecular formula is C13H10N2S. The molecule has 0 bridgehead atoms. The second-order valence-corrected chi connectivity index (χ2v) is 4.62. The Kier molecular flexibility index (Phi) is 2.18. The van der Waals surface area contributed by atoms with Gasteiger partial charge in [0.05, 0.1) is 17.7 Å². The number of hydrogen-bond donors (Lipinski definition) is 1. The van der Waals surface area contributed by atoms with Gasteiger partial charge in [-0.1, -0.05) is 36.0 Å². The van der Waals surface area contributed by atoms with Crippen molar-refractivity contribution in [1.29, 1.82) is 5.41 Å². The molecule has 0 aliphatic carbocycles. The van der Waals surface area contributed by atoms with E-state index in [0.29, 0.717) is 0 Å². The summed E-state index contributed by atoms with van der Waals surface area (Å²) in [4.78, 5) is 4.32. The van der Waals surface area contributed by atoms with Gasteiger partial charge in [0.2, 0.25) is 0 Å². The first kappa shape index (κ1) is 9.48. The molecule has 2 nitrogen and oxygen atoms in total. The zero-order valence-electron chi connectivity index (χ0n) is 8.55. The molecule has 0 atom stereocenters. The number of nitrogens with one attached hydrogen (secondary N) is 1. The van der Waals surface area contributed by atoms with E-state index in [0.717, 1.165) is 11.4 Å². The molecule has 2 aromatic carbocycles. The molecular weight excluding hydrogens is 216 g/mol. The van der Waals surface area contributed by atoms with Crippen LogP contribution in [0.15, 0.2) is 58.3 Å². The molecule has 78 valence electrons. The number of benzene rings is 2. The normalized spacial score (nSPS) is 12.9. The maximum Gasteiger partial charge on any atom is 0.0908 e. The number of nitrogens with zero attached hydrogens (tertiary/aromatic N) is 1. The van der Waals surface area contributed by atoms with Gasteiger partial charge >= 0.3 is 0 Å². The first-order valence-electron chi connectivity index (χ1n) is 5.06. The summed E-state index contributed by atoms with van der Waals surface area (Å²) in [5.74, 6) is 0. The van der Waals surface area contributed by atoms with E-state index < -0.39 is 0 Å². The van der Waals surface area contributed by atoms with Crippen LogP contribution in [0.2, 0.25) is 0 Å². The van der Waals surface area contributed by atoms with Gasteiger partial charge in [0.25, 0.3) is 0 Å². The summed E-state index contributed by atoms with van der Waals surface area (Å²) in [6.07, 6.45) is 1.37. The van der Waals surface area contributed by atoms with Crippen LogP contribution in [0.1, 0.15) is 0 Å². The summed E-state index contributed by atoms with van der Waals surface area (Å²) < 4.78 is 0. The Bertz CT molecular complexity index is 506. The average molecular weight is 226 g/mol. The monoisotopic (exact) mass is 226 g/mol. The largest absolute Gasteiger partial charge is 0.299 e. The molecule has 0 spiro atoms. The van der Waals surface area contributed by atoms with Crippen molar-refractivity contribution >= 4 is 29.5 Å². The minimum absolute atomic E-state index is 1.08.